The number of ether oxygens (including phenoxy) is 1. The van der Waals surface area contributed by atoms with Crippen molar-refractivity contribution in [3.05, 3.63) is 70.8 Å². The van der Waals surface area contributed by atoms with Gasteiger partial charge in [-0.25, -0.2) is 0 Å². The zero-order chi connectivity index (χ0) is 30.9. The molecule has 5 heteroatoms. The van der Waals surface area contributed by atoms with Crippen molar-refractivity contribution >= 4 is 23.4 Å². The Kier molecular flexibility index (Phi) is 15.6. The zero-order valence-corrected chi connectivity index (χ0v) is 28.7. The fraction of sp³-hybridized carbons (Fsp3) is 0.605. The summed E-state index contributed by atoms with van der Waals surface area (Å²) in [5, 5.41) is 2.13. The molecular weight excluding hydrogens is 548 g/mol. The SMILES string of the molecule is CCCCCCCCCCCCCCOc1ccc(CCN(C(C)=O)c2cccc(CN3C=CSC3)c2)cc1C(C)(C)C. The number of anilines is 1. The zero-order valence-electron chi connectivity index (χ0n) is 27.8. The molecule has 1 aliphatic rings. The lowest BCUT2D eigenvalue weighted by Crippen LogP contribution is -2.31. The highest BCUT2D eigenvalue weighted by atomic mass is 32.2. The number of benzene rings is 2. The number of carbonyl (C=O) groups excluding carboxylic acids is 1. The number of amides is 1. The first-order valence-corrected chi connectivity index (χ1v) is 18.0. The maximum atomic E-state index is 12.7. The second-order valence-corrected chi connectivity index (χ2v) is 14.1. The third-order valence-corrected chi connectivity index (χ3v) is 9.12. The Balaban J connectivity index is 1.46. The lowest BCUT2D eigenvalue weighted by atomic mass is 9.85. The summed E-state index contributed by atoms with van der Waals surface area (Å²) in [4.78, 5) is 16.9. The summed E-state index contributed by atoms with van der Waals surface area (Å²) in [6, 6.07) is 15.0. The smallest absolute Gasteiger partial charge is 0.223 e. The van der Waals surface area contributed by atoms with Crippen LogP contribution in [-0.2, 0) is 23.2 Å². The van der Waals surface area contributed by atoms with Gasteiger partial charge >= 0.3 is 0 Å². The van der Waals surface area contributed by atoms with Gasteiger partial charge < -0.3 is 14.5 Å². The van der Waals surface area contributed by atoms with Crippen LogP contribution in [0.4, 0.5) is 5.69 Å². The maximum Gasteiger partial charge on any atom is 0.223 e. The van der Waals surface area contributed by atoms with E-state index < -0.39 is 0 Å². The summed E-state index contributed by atoms with van der Waals surface area (Å²) in [7, 11) is 0. The largest absolute Gasteiger partial charge is 0.493 e. The molecule has 0 saturated heterocycles. The molecule has 0 atom stereocenters. The average Bonchev–Trinajstić information content (AvgIpc) is 3.48. The highest BCUT2D eigenvalue weighted by Gasteiger charge is 2.20. The molecule has 0 bridgehead atoms. The summed E-state index contributed by atoms with van der Waals surface area (Å²) < 4.78 is 6.34. The molecule has 1 aliphatic heterocycles. The summed E-state index contributed by atoms with van der Waals surface area (Å²) >= 11 is 1.81. The van der Waals surface area contributed by atoms with Gasteiger partial charge in [0, 0.05) is 31.9 Å². The van der Waals surface area contributed by atoms with Crippen LogP contribution in [0, 0.1) is 0 Å². The van der Waals surface area contributed by atoms with Crippen molar-refractivity contribution in [1.82, 2.24) is 4.90 Å². The Morgan fingerprint density at radius 1 is 0.884 bits per heavy atom. The van der Waals surface area contributed by atoms with Gasteiger partial charge in [0.25, 0.3) is 0 Å². The van der Waals surface area contributed by atoms with E-state index in [1.54, 1.807) is 6.92 Å². The number of thioether (sulfide) groups is 1. The van der Waals surface area contributed by atoms with Gasteiger partial charge in [-0.15, -0.1) is 11.8 Å². The highest BCUT2D eigenvalue weighted by Crippen LogP contribution is 2.33. The Morgan fingerprint density at radius 3 is 2.16 bits per heavy atom. The number of nitrogens with zero attached hydrogens (tertiary/aromatic N) is 2. The number of unbranched alkanes of at least 4 members (excludes halogenated alkanes) is 11. The van der Waals surface area contributed by atoms with Crippen molar-refractivity contribution in [3.8, 4) is 5.75 Å². The molecule has 0 saturated carbocycles. The first-order chi connectivity index (χ1) is 20.8. The van der Waals surface area contributed by atoms with Crippen LogP contribution < -0.4 is 9.64 Å². The first kappa shape index (κ1) is 35.1. The van der Waals surface area contributed by atoms with Crippen molar-refractivity contribution in [2.45, 2.75) is 130 Å². The number of hydrogen-bond donors (Lipinski definition) is 0. The van der Waals surface area contributed by atoms with E-state index >= 15 is 0 Å². The fourth-order valence-electron chi connectivity index (χ4n) is 5.75. The van der Waals surface area contributed by atoms with Crippen LogP contribution in [-0.4, -0.2) is 29.8 Å². The van der Waals surface area contributed by atoms with Crippen molar-refractivity contribution in [1.29, 1.82) is 0 Å². The van der Waals surface area contributed by atoms with Crippen LogP contribution in [0.15, 0.2) is 54.1 Å². The fourth-order valence-corrected chi connectivity index (χ4v) is 6.46. The second kappa shape index (κ2) is 19.1. The lowest BCUT2D eigenvalue weighted by molar-refractivity contribution is -0.116. The summed E-state index contributed by atoms with van der Waals surface area (Å²) in [6.45, 7) is 13.0. The van der Waals surface area contributed by atoms with E-state index in [1.165, 1.54) is 87.3 Å². The van der Waals surface area contributed by atoms with Gasteiger partial charge in [0.15, 0.2) is 0 Å². The van der Waals surface area contributed by atoms with Crippen LogP contribution in [0.1, 0.15) is 128 Å². The number of carbonyl (C=O) groups is 1. The van der Waals surface area contributed by atoms with Gasteiger partial charge in [-0.3, -0.25) is 4.79 Å². The minimum atomic E-state index is -0.0151. The van der Waals surface area contributed by atoms with E-state index in [2.05, 4.69) is 80.6 Å². The van der Waals surface area contributed by atoms with Crippen molar-refractivity contribution in [2.75, 3.05) is 23.9 Å². The molecule has 0 radical (unpaired) electrons. The minimum Gasteiger partial charge on any atom is -0.493 e. The number of hydrogen-bond acceptors (Lipinski definition) is 4. The lowest BCUT2D eigenvalue weighted by Gasteiger charge is -2.25. The molecule has 2 aromatic carbocycles. The van der Waals surface area contributed by atoms with Crippen LogP contribution in [0.25, 0.3) is 0 Å². The summed E-state index contributed by atoms with van der Waals surface area (Å²) in [5.41, 5.74) is 4.67. The predicted octanol–water partition coefficient (Wildman–Crippen LogP) is 10.6. The quantitative estimate of drug-likeness (QED) is 0.140. The average molecular weight is 607 g/mol. The van der Waals surface area contributed by atoms with Gasteiger partial charge in [0.2, 0.25) is 5.91 Å². The van der Waals surface area contributed by atoms with Gasteiger partial charge in [0.05, 0.1) is 12.5 Å². The van der Waals surface area contributed by atoms with Gasteiger partial charge in [-0.05, 0) is 58.6 Å². The first-order valence-electron chi connectivity index (χ1n) is 16.9. The van der Waals surface area contributed by atoms with E-state index in [4.69, 9.17) is 4.74 Å². The van der Waals surface area contributed by atoms with Crippen molar-refractivity contribution in [3.63, 3.8) is 0 Å². The molecule has 1 heterocycles. The predicted molar refractivity (Wildman–Crippen MR) is 187 cm³/mol. The standard InChI is InChI=1S/C38H58N2O2S/c1-6-7-8-9-10-11-12-13-14-15-16-17-26-42-37-22-21-33(29-36(37)38(3,4)5)23-24-40(32(2)41)35-20-18-19-34(28-35)30-39-25-27-43-31-39/h18-22,25,27-29H,6-17,23-24,26,30-31H2,1-5H3. The topological polar surface area (TPSA) is 32.8 Å². The summed E-state index contributed by atoms with van der Waals surface area (Å²) in [5.74, 6) is 2.06. The van der Waals surface area contributed by atoms with E-state index in [1.807, 2.05) is 22.7 Å². The van der Waals surface area contributed by atoms with Crippen LogP contribution in [0.5, 0.6) is 5.75 Å². The molecule has 3 rings (SSSR count). The van der Waals surface area contributed by atoms with E-state index in [0.717, 1.165) is 43.3 Å². The normalized spacial score (nSPS) is 13.1. The molecule has 2 aromatic rings. The molecule has 0 aromatic heterocycles. The van der Waals surface area contributed by atoms with Crippen LogP contribution in [0.3, 0.4) is 0 Å². The molecular formula is C38H58N2O2S. The van der Waals surface area contributed by atoms with Gasteiger partial charge in [0.1, 0.15) is 5.75 Å². The molecule has 0 N–H and O–H groups in total. The second-order valence-electron chi connectivity index (χ2n) is 13.2. The van der Waals surface area contributed by atoms with E-state index in [-0.39, 0.29) is 11.3 Å². The number of rotatable bonds is 20. The van der Waals surface area contributed by atoms with Crippen LogP contribution >= 0.6 is 11.8 Å². The molecule has 0 aliphatic carbocycles. The van der Waals surface area contributed by atoms with Crippen molar-refractivity contribution < 1.29 is 9.53 Å². The Morgan fingerprint density at radius 2 is 1.56 bits per heavy atom. The molecule has 0 spiro atoms. The van der Waals surface area contributed by atoms with E-state index in [9.17, 15) is 4.79 Å². The summed E-state index contributed by atoms with van der Waals surface area (Å²) in [6.07, 6.45) is 19.1. The minimum absolute atomic E-state index is 0.0151. The van der Waals surface area contributed by atoms with Gasteiger partial charge in [-0.1, -0.05) is 123 Å². The third kappa shape index (κ3) is 13.0. The monoisotopic (exact) mass is 606 g/mol. The van der Waals surface area contributed by atoms with Gasteiger partial charge in [-0.2, -0.15) is 0 Å². The molecule has 43 heavy (non-hydrogen) atoms. The molecule has 0 unspecified atom stereocenters. The maximum absolute atomic E-state index is 12.7. The molecule has 4 nitrogen and oxygen atoms in total. The third-order valence-electron chi connectivity index (χ3n) is 8.33. The Labute approximate surface area is 267 Å². The Bertz CT molecular complexity index is 1120. The van der Waals surface area contributed by atoms with Crippen molar-refractivity contribution in [2.24, 2.45) is 0 Å². The van der Waals surface area contributed by atoms with E-state index in [0.29, 0.717) is 6.54 Å². The molecule has 238 valence electrons. The van der Waals surface area contributed by atoms with Crippen LogP contribution in [0.2, 0.25) is 0 Å². The Hall–Kier alpha value is -2.40. The molecule has 1 amide bonds. The highest BCUT2D eigenvalue weighted by molar-refractivity contribution is 8.02. The molecule has 0 fully saturated rings.